The monoisotopic (exact) mass is 417 g/mol. The molecule has 5 nitrogen and oxygen atoms in total. The molecule has 0 saturated heterocycles. The first kappa shape index (κ1) is 24.4. The summed E-state index contributed by atoms with van der Waals surface area (Å²) in [6.07, 6.45) is 2.54. The fourth-order valence-electron chi connectivity index (χ4n) is 2.67. The largest absolute Gasteiger partial charge is 1.00 e. The van der Waals surface area contributed by atoms with Gasteiger partial charge in [-0.05, 0) is 17.2 Å². The van der Waals surface area contributed by atoms with Gasteiger partial charge in [-0.1, -0.05) is 60.7 Å². The van der Waals surface area contributed by atoms with E-state index in [-0.39, 0.29) is 31.4 Å². The van der Waals surface area contributed by atoms with Gasteiger partial charge in [-0.15, -0.1) is 0 Å². The fourth-order valence-corrected chi connectivity index (χ4v) is 2.67. The van der Waals surface area contributed by atoms with Crippen LogP contribution in [-0.4, -0.2) is 50.2 Å². The third-order valence-corrected chi connectivity index (χ3v) is 3.88. The van der Waals surface area contributed by atoms with Gasteiger partial charge in [0.25, 0.3) is 0 Å². The predicted octanol–water partition coefficient (Wildman–Crippen LogP) is 0.455. The second-order valence-corrected chi connectivity index (χ2v) is 7.63. The van der Waals surface area contributed by atoms with Crippen LogP contribution in [0.2, 0.25) is 0 Å². The number of halogens is 1. The number of nitrogens with zero attached hydrogens (tertiary/aromatic N) is 1. The summed E-state index contributed by atoms with van der Waals surface area (Å²) >= 11 is 0. The SMILES string of the molecule is C[N+](C)(C)C[C@@H](CC(=O)OCc1ccccc1)OC(=O)C=Cc1ccccc1.[Cl-]. The van der Waals surface area contributed by atoms with Crippen molar-refractivity contribution in [2.75, 3.05) is 27.7 Å². The number of hydrogen-bond acceptors (Lipinski definition) is 4. The molecule has 0 aliphatic carbocycles. The lowest BCUT2D eigenvalue weighted by molar-refractivity contribution is -0.873. The van der Waals surface area contributed by atoms with E-state index in [9.17, 15) is 9.59 Å². The summed E-state index contributed by atoms with van der Waals surface area (Å²) in [5.41, 5.74) is 1.83. The molecule has 0 saturated carbocycles. The van der Waals surface area contributed by atoms with E-state index in [0.717, 1.165) is 11.1 Å². The van der Waals surface area contributed by atoms with Crippen molar-refractivity contribution in [3.63, 3.8) is 0 Å². The van der Waals surface area contributed by atoms with Gasteiger partial charge >= 0.3 is 11.9 Å². The van der Waals surface area contributed by atoms with Crippen molar-refractivity contribution in [2.24, 2.45) is 0 Å². The summed E-state index contributed by atoms with van der Waals surface area (Å²) in [6.45, 7) is 0.712. The number of carbonyl (C=O) groups is 2. The zero-order valence-corrected chi connectivity index (χ0v) is 17.8. The zero-order valence-electron chi connectivity index (χ0n) is 17.1. The molecule has 29 heavy (non-hydrogen) atoms. The van der Waals surface area contributed by atoms with Crippen LogP contribution in [0, 0.1) is 0 Å². The molecule has 1 atom stereocenters. The van der Waals surface area contributed by atoms with E-state index >= 15 is 0 Å². The summed E-state index contributed by atoms with van der Waals surface area (Å²) in [5, 5.41) is 0. The Morgan fingerprint density at radius 3 is 2.14 bits per heavy atom. The average molecular weight is 418 g/mol. The molecule has 156 valence electrons. The lowest BCUT2D eigenvalue weighted by atomic mass is 10.2. The number of likely N-dealkylation sites (N-methyl/N-ethyl adjacent to an activating group) is 1. The maximum atomic E-state index is 12.2. The molecule has 2 aromatic rings. The Bertz CT molecular complexity index is 786. The van der Waals surface area contributed by atoms with Crippen LogP contribution in [0.15, 0.2) is 66.7 Å². The van der Waals surface area contributed by atoms with Crippen molar-refractivity contribution in [3.8, 4) is 0 Å². The summed E-state index contributed by atoms with van der Waals surface area (Å²) in [6, 6.07) is 19.0. The Morgan fingerprint density at radius 2 is 1.55 bits per heavy atom. The molecular weight excluding hydrogens is 390 g/mol. The van der Waals surface area contributed by atoms with E-state index in [4.69, 9.17) is 9.47 Å². The smallest absolute Gasteiger partial charge is 0.331 e. The quantitative estimate of drug-likeness (QED) is 0.338. The number of carbonyl (C=O) groups excluding carboxylic acids is 2. The zero-order chi connectivity index (χ0) is 20.4. The van der Waals surface area contributed by atoms with Crippen molar-refractivity contribution in [3.05, 3.63) is 77.9 Å². The van der Waals surface area contributed by atoms with Gasteiger partial charge in [0.05, 0.1) is 27.6 Å². The Kier molecular flexibility index (Phi) is 10.1. The second kappa shape index (κ2) is 12.0. The van der Waals surface area contributed by atoms with E-state index < -0.39 is 12.1 Å². The number of hydrogen-bond donors (Lipinski definition) is 0. The van der Waals surface area contributed by atoms with Gasteiger partial charge < -0.3 is 26.4 Å². The van der Waals surface area contributed by atoms with Crippen molar-refractivity contribution < 1.29 is 36.0 Å². The predicted molar refractivity (Wildman–Crippen MR) is 109 cm³/mol. The molecule has 0 aliphatic rings. The van der Waals surface area contributed by atoms with Crippen molar-refractivity contribution in [2.45, 2.75) is 19.1 Å². The summed E-state index contributed by atoms with van der Waals surface area (Å²) in [7, 11) is 5.95. The highest BCUT2D eigenvalue weighted by Crippen LogP contribution is 2.10. The average Bonchev–Trinajstić information content (AvgIpc) is 2.65. The first-order valence-electron chi connectivity index (χ1n) is 9.25. The summed E-state index contributed by atoms with van der Waals surface area (Å²) in [4.78, 5) is 24.4. The molecule has 2 rings (SSSR count). The fraction of sp³-hybridized carbons (Fsp3) is 0.304. The molecule has 0 radical (unpaired) electrons. The van der Waals surface area contributed by atoms with Crippen LogP contribution in [0.4, 0.5) is 0 Å². The number of esters is 2. The Morgan fingerprint density at radius 1 is 0.966 bits per heavy atom. The van der Waals surface area contributed by atoms with Gasteiger partial charge in [-0.2, -0.15) is 0 Å². The molecule has 6 heteroatoms. The Hall–Kier alpha value is -2.63. The molecule has 0 fully saturated rings. The van der Waals surface area contributed by atoms with E-state index in [0.29, 0.717) is 11.0 Å². The highest BCUT2D eigenvalue weighted by Gasteiger charge is 2.25. The van der Waals surface area contributed by atoms with Crippen molar-refractivity contribution >= 4 is 18.0 Å². The second-order valence-electron chi connectivity index (χ2n) is 7.63. The standard InChI is InChI=1S/C23H28NO4.ClH/c1-24(2,3)17-21(16-23(26)27-18-20-12-8-5-9-13-20)28-22(25)15-14-19-10-6-4-7-11-19;/h4-15,21H,16-18H2,1-3H3;1H/q+1;/p-1/t21-;/m1./s1. The Balaban J connectivity index is 0.00000420. The van der Waals surface area contributed by atoms with Crippen LogP contribution in [0.1, 0.15) is 17.5 Å². The molecule has 0 heterocycles. The lowest BCUT2D eigenvalue weighted by Crippen LogP contribution is -3.00. The number of benzene rings is 2. The molecule has 2 aromatic carbocycles. The van der Waals surface area contributed by atoms with Gasteiger partial charge in [0, 0.05) is 6.08 Å². The van der Waals surface area contributed by atoms with Crippen LogP contribution in [0.25, 0.3) is 6.08 Å². The molecule has 0 aliphatic heterocycles. The molecule has 0 aromatic heterocycles. The molecule has 0 unspecified atom stereocenters. The topological polar surface area (TPSA) is 52.6 Å². The number of quaternary nitrogens is 1. The third-order valence-electron chi connectivity index (χ3n) is 3.88. The molecule has 0 amide bonds. The van der Waals surface area contributed by atoms with Crippen LogP contribution >= 0.6 is 0 Å². The minimum Gasteiger partial charge on any atom is -1.00 e. The van der Waals surface area contributed by atoms with E-state index in [1.807, 2.05) is 81.8 Å². The minimum atomic E-state index is -0.559. The van der Waals surface area contributed by atoms with Crippen LogP contribution in [-0.2, 0) is 25.7 Å². The van der Waals surface area contributed by atoms with E-state index in [1.54, 1.807) is 6.08 Å². The Labute approximate surface area is 178 Å². The molecule has 0 spiro atoms. The van der Waals surface area contributed by atoms with Crippen LogP contribution in [0.5, 0.6) is 0 Å². The maximum Gasteiger partial charge on any atom is 0.331 e. The third kappa shape index (κ3) is 10.5. The van der Waals surface area contributed by atoms with Gasteiger partial charge in [0.15, 0.2) is 6.10 Å². The van der Waals surface area contributed by atoms with E-state index in [2.05, 4.69) is 0 Å². The van der Waals surface area contributed by atoms with Gasteiger partial charge in [-0.25, -0.2) is 4.79 Å². The highest BCUT2D eigenvalue weighted by molar-refractivity contribution is 5.87. The minimum absolute atomic E-state index is 0. The lowest BCUT2D eigenvalue weighted by Gasteiger charge is -2.28. The maximum absolute atomic E-state index is 12.2. The summed E-state index contributed by atoms with van der Waals surface area (Å²) in [5.74, 6) is -0.861. The van der Waals surface area contributed by atoms with Gasteiger partial charge in [-0.3, -0.25) is 4.79 Å². The molecule has 0 N–H and O–H groups in total. The van der Waals surface area contributed by atoms with Gasteiger partial charge in [0.1, 0.15) is 13.2 Å². The first-order valence-corrected chi connectivity index (χ1v) is 9.25. The van der Waals surface area contributed by atoms with E-state index in [1.165, 1.54) is 6.08 Å². The molecular formula is C23H28ClNO4. The normalized spacial score (nSPS) is 12.1. The highest BCUT2D eigenvalue weighted by atomic mass is 35.5. The first-order chi connectivity index (χ1) is 13.3. The van der Waals surface area contributed by atoms with Crippen molar-refractivity contribution in [1.29, 1.82) is 0 Å². The number of rotatable bonds is 9. The van der Waals surface area contributed by atoms with Gasteiger partial charge in [0.2, 0.25) is 0 Å². The van der Waals surface area contributed by atoms with Crippen LogP contribution < -0.4 is 12.4 Å². The van der Waals surface area contributed by atoms with Crippen molar-refractivity contribution in [1.82, 2.24) is 0 Å². The van der Waals surface area contributed by atoms with Crippen LogP contribution in [0.3, 0.4) is 0 Å². The molecule has 0 bridgehead atoms. The number of ether oxygens (including phenoxy) is 2. The summed E-state index contributed by atoms with van der Waals surface area (Å²) < 4.78 is 11.4.